The Hall–Kier alpha value is -0.810. The molecular formula is C12H22ClN3O2. The van der Waals surface area contributed by atoms with Crippen molar-refractivity contribution in [2.75, 3.05) is 25.5 Å². The van der Waals surface area contributed by atoms with Gasteiger partial charge in [0, 0.05) is 25.0 Å². The standard InChI is InChI=1S/C12H22ClN3O2/c1-12(2,8-13)11(18)15-9-3-5-16(6-4-9)7-10(14)17/h9H,3-8H2,1-2H3,(H2,14,17)(H,15,18). The lowest BCUT2D eigenvalue weighted by Gasteiger charge is -2.33. The number of rotatable bonds is 5. The summed E-state index contributed by atoms with van der Waals surface area (Å²) in [6.45, 7) is 5.54. The number of alkyl halides is 1. The van der Waals surface area contributed by atoms with Crippen LogP contribution in [-0.2, 0) is 9.59 Å². The van der Waals surface area contributed by atoms with E-state index in [2.05, 4.69) is 5.32 Å². The molecule has 1 saturated heterocycles. The van der Waals surface area contributed by atoms with Crippen molar-refractivity contribution < 1.29 is 9.59 Å². The van der Waals surface area contributed by atoms with E-state index in [1.807, 2.05) is 18.7 Å². The molecule has 1 aliphatic rings. The third-order valence-electron chi connectivity index (χ3n) is 3.25. The van der Waals surface area contributed by atoms with Crippen LogP contribution in [0.25, 0.3) is 0 Å². The van der Waals surface area contributed by atoms with Crippen molar-refractivity contribution >= 4 is 23.4 Å². The van der Waals surface area contributed by atoms with E-state index in [1.165, 1.54) is 0 Å². The Balaban J connectivity index is 2.36. The van der Waals surface area contributed by atoms with Gasteiger partial charge in [0.15, 0.2) is 0 Å². The Bertz CT molecular complexity index is 312. The molecule has 0 aliphatic carbocycles. The van der Waals surface area contributed by atoms with Crippen LogP contribution < -0.4 is 11.1 Å². The van der Waals surface area contributed by atoms with E-state index in [1.54, 1.807) is 0 Å². The average molecular weight is 276 g/mol. The summed E-state index contributed by atoms with van der Waals surface area (Å²) in [6.07, 6.45) is 1.69. The molecule has 0 aromatic rings. The zero-order valence-corrected chi connectivity index (χ0v) is 11.8. The molecule has 1 rings (SSSR count). The third kappa shape index (κ3) is 4.46. The molecule has 0 bridgehead atoms. The number of piperidine rings is 1. The number of hydrogen-bond donors (Lipinski definition) is 2. The summed E-state index contributed by atoms with van der Waals surface area (Å²) in [5.41, 5.74) is 4.61. The first-order chi connectivity index (χ1) is 8.35. The molecule has 3 N–H and O–H groups in total. The number of nitrogens with one attached hydrogen (secondary N) is 1. The number of carbonyl (C=O) groups excluding carboxylic acids is 2. The van der Waals surface area contributed by atoms with Crippen LogP contribution >= 0.6 is 11.6 Å². The Morgan fingerprint density at radius 3 is 2.39 bits per heavy atom. The summed E-state index contributed by atoms with van der Waals surface area (Å²) in [6, 6.07) is 0.170. The van der Waals surface area contributed by atoms with Crippen molar-refractivity contribution in [3.8, 4) is 0 Å². The van der Waals surface area contributed by atoms with Crippen molar-refractivity contribution in [2.24, 2.45) is 11.1 Å². The van der Waals surface area contributed by atoms with E-state index in [9.17, 15) is 9.59 Å². The fraction of sp³-hybridized carbons (Fsp3) is 0.833. The molecule has 1 heterocycles. The number of carbonyl (C=O) groups is 2. The zero-order chi connectivity index (χ0) is 13.8. The van der Waals surface area contributed by atoms with Gasteiger partial charge in [0.05, 0.1) is 12.0 Å². The van der Waals surface area contributed by atoms with Gasteiger partial charge in [0.1, 0.15) is 0 Å². The van der Waals surface area contributed by atoms with Crippen LogP contribution in [0.1, 0.15) is 26.7 Å². The quantitative estimate of drug-likeness (QED) is 0.710. The smallest absolute Gasteiger partial charge is 0.231 e. The Morgan fingerprint density at radius 1 is 1.39 bits per heavy atom. The average Bonchev–Trinajstić information content (AvgIpc) is 2.31. The lowest BCUT2D eigenvalue weighted by molar-refractivity contribution is -0.129. The molecule has 0 radical (unpaired) electrons. The Kier molecular flexibility index (Phi) is 5.41. The van der Waals surface area contributed by atoms with Crippen LogP contribution in [0, 0.1) is 5.41 Å². The highest BCUT2D eigenvalue weighted by atomic mass is 35.5. The molecule has 6 heteroatoms. The summed E-state index contributed by atoms with van der Waals surface area (Å²) in [7, 11) is 0. The van der Waals surface area contributed by atoms with E-state index >= 15 is 0 Å². The van der Waals surface area contributed by atoms with Gasteiger partial charge in [-0.3, -0.25) is 14.5 Å². The molecule has 0 aromatic heterocycles. The number of nitrogens with zero attached hydrogens (tertiary/aromatic N) is 1. The fourth-order valence-electron chi connectivity index (χ4n) is 1.90. The number of primary amides is 1. The summed E-state index contributed by atoms with van der Waals surface area (Å²) in [5, 5.41) is 3.02. The van der Waals surface area contributed by atoms with Crippen LogP contribution in [0.3, 0.4) is 0 Å². The maximum absolute atomic E-state index is 11.9. The molecule has 0 spiro atoms. The van der Waals surface area contributed by atoms with Crippen LogP contribution in [0.15, 0.2) is 0 Å². The first kappa shape index (κ1) is 15.2. The second-order valence-electron chi connectivity index (χ2n) is 5.51. The van der Waals surface area contributed by atoms with Crippen LogP contribution in [0.2, 0.25) is 0 Å². The Morgan fingerprint density at radius 2 is 1.94 bits per heavy atom. The van der Waals surface area contributed by atoms with E-state index in [0.29, 0.717) is 12.4 Å². The maximum Gasteiger partial charge on any atom is 0.231 e. The van der Waals surface area contributed by atoms with Gasteiger partial charge in [-0.15, -0.1) is 11.6 Å². The van der Waals surface area contributed by atoms with Gasteiger partial charge >= 0.3 is 0 Å². The second-order valence-corrected chi connectivity index (χ2v) is 5.77. The lowest BCUT2D eigenvalue weighted by Crippen LogP contribution is -2.49. The lowest BCUT2D eigenvalue weighted by atomic mass is 9.94. The molecule has 104 valence electrons. The van der Waals surface area contributed by atoms with Gasteiger partial charge in [-0.05, 0) is 26.7 Å². The fourth-order valence-corrected chi connectivity index (χ4v) is 2.02. The SMILES string of the molecule is CC(C)(CCl)C(=O)NC1CCN(CC(N)=O)CC1. The number of hydrogen-bond acceptors (Lipinski definition) is 3. The van der Waals surface area contributed by atoms with Crippen molar-refractivity contribution in [1.82, 2.24) is 10.2 Å². The predicted molar refractivity (Wildman–Crippen MR) is 71.3 cm³/mol. The maximum atomic E-state index is 11.9. The van der Waals surface area contributed by atoms with Gasteiger partial charge in [0.25, 0.3) is 0 Å². The van der Waals surface area contributed by atoms with Crippen LogP contribution in [-0.4, -0.2) is 48.3 Å². The van der Waals surface area contributed by atoms with Crippen molar-refractivity contribution in [2.45, 2.75) is 32.7 Å². The van der Waals surface area contributed by atoms with Crippen molar-refractivity contribution in [3.63, 3.8) is 0 Å². The molecule has 1 aliphatic heterocycles. The molecular weight excluding hydrogens is 254 g/mol. The third-order valence-corrected chi connectivity index (χ3v) is 3.92. The molecule has 2 amide bonds. The minimum atomic E-state index is -0.536. The number of nitrogens with two attached hydrogens (primary N) is 1. The summed E-state index contributed by atoms with van der Waals surface area (Å²) >= 11 is 5.77. The van der Waals surface area contributed by atoms with Crippen molar-refractivity contribution in [1.29, 1.82) is 0 Å². The second kappa shape index (κ2) is 6.38. The van der Waals surface area contributed by atoms with E-state index in [4.69, 9.17) is 17.3 Å². The van der Waals surface area contributed by atoms with Gasteiger partial charge in [-0.1, -0.05) is 0 Å². The summed E-state index contributed by atoms with van der Waals surface area (Å²) < 4.78 is 0. The molecule has 0 aromatic carbocycles. The largest absolute Gasteiger partial charge is 0.369 e. The van der Waals surface area contributed by atoms with E-state index in [-0.39, 0.29) is 17.9 Å². The molecule has 5 nitrogen and oxygen atoms in total. The first-order valence-corrected chi connectivity index (χ1v) is 6.76. The highest BCUT2D eigenvalue weighted by Crippen LogP contribution is 2.19. The highest BCUT2D eigenvalue weighted by molar-refractivity contribution is 6.19. The Labute approximate surface area is 113 Å². The predicted octanol–water partition coefficient (Wildman–Crippen LogP) is 0.317. The number of halogens is 1. The molecule has 0 unspecified atom stereocenters. The minimum Gasteiger partial charge on any atom is -0.369 e. The van der Waals surface area contributed by atoms with Gasteiger partial charge in [-0.2, -0.15) is 0 Å². The van der Waals surface area contributed by atoms with E-state index < -0.39 is 5.41 Å². The monoisotopic (exact) mass is 275 g/mol. The number of amides is 2. The normalized spacial score (nSPS) is 18.6. The summed E-state index contributed by atoms with van der Waals surface area (Å²) in [5.74, 6) is -0.00841. The first-order valence-electron chi connectivity index (χ1n) is 6.23. The van der Waals surface area contributed by atoms with Gasteiger partial charge in [-0.25, -0.2) is 0 Å². The van der Waals surface area contributed by atoms with E-state index in [0.717, 1.165) is 25.9 Å². The summed E-state index contributed by atoms with van der Waals surface area (Å²) in [4.78, 5) is 24.7. The molecule has 0 saturated carbocycles. The van der Waals surface area contributed by atoms with Crippen LogP contribution in [0.5, 0.6) is 0 Å². The molecule has 18 heavy (non-hydrogen) atoms. The number of likely N-dealkylation sites (tertiary alicyclic amines) is 1. The van der Waals surface area contributed by atoms with Crippen LogP contribution in [0.4, 0.5) is 0 Å². The van der Waals surface area contributed by atoms with Gasteiger partial charge < -0.3 is 11.1 Å². The topological polar surface area (TPSA) is 75.4 Å². The highest BCUT2D eigenvalue weighted by Gasteiger charge is 2.29. The van der Waals surface area contributed by atoms with Gasteiger partial charge in [0.2, 0.25) is 11.8 Å². The molecule has 1 fully saturated rings. The minimum absolute atomic E-state index is 0.00847. The zero-order valence-electron chi connectivity index (χ0n) is 11.0. The van der Waals surface area contributed by atoms with Crippen molar-refractivity contribution in [3.05, 3.63) is 0 Å². The molecule has 0 atom stereocenters.